The van der Waals surface area contributed by atoms with Crippen molar-refractivity contribution in [3.63, 3.8) is 0 Å². The van der Waals surface area contributed by atoms with Crippen molar-refractivity contribution >= 4 is 27.6 Å². The van der Waals surface area contributed by atoms with Crippen LogP contribution in [0.5, 0.6) is 0 Å². The van der Waals surface area contributed by atoms with Gasteiger partial charge in [-0.25, -0.2) is 4.98 Å². The normalized spacial score (nSPS) is 13.2. The number of aromatic nitrogens is 2. The molecule has 1 unspecified atom stereocenters. The number of nitrogens with zero attached hydrogens (tertiary/aromatic N) is 2. The van der Waals surface area contributed by atoms with E-state index in [1.54, 1.807) is 11.3 Å². The van der Waals surface area contributed by atoms with Crippen LogP contribution in [0.4, 0.5) is 0 Å². The smallest absolute Gasteiger partial charge is 0.194 e. The van der Waals surface area contributed by atoms with Gasteiger partial charge in [0.2, 0.25) is 0 Å². The molecule has 0 bridgehead atoms. The molecule has 1 N–H and O–H groups in total. The predicted octanol–water partition coefficient (Wildman–Crippen LogP) is 4.32. The molecular formula is C15H19N3S2. The second-order valence-electron chi connectivity index (χ2n) is 5.00. The molecule has 0 radical (unpaired) electrons. The summed E-state index contributed by atoms with van der Waals surface area (Å²) in [5.41, 5.74) is 3.69. The first-order valence-electron chi connectivity index (χ1n) is 6.89. The fraction of sp³-hybridized carbons (Fsp3) is 0.400. The summed E-state index contributed by atoms with van der Waals surface area (Å²) in [6.45, 7) is 7.33. The van der Waals surface area contributed by atoms with Crippen molar-refractivity contribution in [1.29, 1.82) is 0 Å². The van der Waals surface area contributed by atoms with Crippen LogP contribution in [0.1, 0.15) is 41.3 Å². The third-order valence-corrected chi connectivity index (χ3v) is 5.57. The molecule has 5 heteroatoms. The van der Waals surface area contributed by atoms with E-state index < -0.39 is 0 Å². The lowest BCUT2D eigenvalue weighted by Crippen LogP contribution is -2.20. The van der Waals surface area contributed by atoms with E-state index in [0.29, 0.717) is 6.04 Å². The second kappa shape index (κ2) is 5.68. The van der Waals surface area contributed by atoms with E-state index >= 15 is 0 Å². The first-order chi connectivity index (χ1) is 9.70. The standard InChI is InChI=1S/C15H19N3S2/c1-4-12(14-6-5-7-19-14)16-8-13-11(3)17-15-18(13)10(2)9-20-15/h5-7,9,12,16H,4,8H2,1-3H3. The van der Waals surface area contributed by atoms with Crippen LogP contribution >= 0.6 is 22.7 Å². The first-order valence-corrected chi connectivity index (χ1v) is 8.65. The number of hydrogen-bond acceptors (Lipinski definition) is 4. The number of thiophene rings is 1. The molecule has 0 amide bonds. The minimum atomic E-state index is 0.430. The lowest BCUT2D eigenvalue weighted by molar-refractivity contribution is 0.519. The monoisotopic (exact) mass is 305 g/mol. The number of thiazole rings is 1. The van der Waals surface area contributed by atoms with Crippen molar-refractivity contribution in [2.45, 2.75) is 39.8 Å². The van der Waals surface area contributed by atoms with Crippen LogP contribution in [-0.2, 0) is 6.54 Å². The Morgan fingerprint density at radius 2 is 2.20 bits per heavy atom. The van der Waals surface area contributed by atoms with Crippen LogP contribution in [-0.4, -0.2) is 9.38 Å². The SMILES string of the molecule is CCC(NCc1c(C)nc2scc(C)n12)c1cccs1. The number of fused-ring (bicyclic) bond motifs is 1. The molecule has 20 heavy (non-hydrogen) atoms. The van der Waals surface area contributed by atoms with Gasteiger partial charge in [0.05, 0.1) is 11.4 Å². The van der Waals surface area contributed by atoms with Crippen molar-refractivity contribution in [3.8, 4) is 0 Å². The van der Waals surface area contributed by atoms with E-state index in [4.69, 9.17) is 0 Å². The molecule has 3 heterocycles. The molecule has 0 aromatic carbocycles. The van der Waals surface area contributed by atoms with Gasteiger partial charge in [0.15, 0.2) is 4.96 Å². The molecule has 0 aliphatic rings. The topological polar surface area (TPSA) is 29.3 Å². The maximum atomic E-state index is 4.64. The summed E-state index contributed by atoms with van der Waals surface area (Å²) < 4.78 is 2.27. The summed E-state index contributed by atoms with van der Waals surface area (Å²) in [7, 11) is 0. The van der Waals surface area contributed by atoms with Gasteiger partial charge in [-0.15, -0.1) is 22.7 Å². The van der Waals surface area contributed by atoms with Gasteiger partial charge in [-0.1, -0.05) is 13.0 Å². The van der Waals surface area contributed by atoms with Gasteiger partial charge in [-0.3, -0.25) is 4.40 Å². The average molecular weight is 305 g/mol. The summed E-state index contributed by atoms with van der Waals surface area (Å²) in [4.78, 5) is 7.15. The van der Waals surface area contributed by atoms with Crippen LogP contribution in [0.25, 0.3) is 4.96 Å². The van der Waals surface area contributed by atoms with Gasteiger partial charge in [-0.05, 0) is 31.7 Å². The Morgan fingerprint density at radius 1 is 1.35 bits per heavy atom. The molecule has 3 aromatic rings. The van der Waals surface area contributed by atoms with E-state index in [2.05, 4.69) is 58.4 Å². The molecule has 0 saturated carbocycles. The predicted molar refractivity (Wildman–Crippen MR) is 86.7 cm³/mol. The molecule has 3 aromatic heterocycles. The van der Waals surface area contributed by atoms with Crippen LogP contribution < -0.4 is 5.32 Å². The fourth-order valence-electron chi connectivity index (χ4n) is 2.53. The summed E-state index contributed by atoms with van der Waals surface area (Å²) in [6, 6.07) is 4.76. The first kappa shape index (κ1) is 13.8. The van der Waals surface area contributed by atoms with E-state index in [1.165, 1.54) is 16.3 Å². The highest BCUT2D eigenvalue weighted by atomic mass is 32.1. The quantitative estimate of drug-likeness (QED) is 0.761. The molecule has 0 aliphatic heterocycles. The second-order valence-corrected chi connectivity index (χ2v) is 6.81. The molecular weight excluding hydrogens is 286 g/mol. The van der Waals surface area contributed by atoms with Gasteiger partial charge < -0.3 is 5.32 Å². The largest absolute Gasteiger partial charge is 0.304 e. The molecule has 0 fully saturated rings. The summed E-state index contributed by atoms with van der Waals surface area (Å²) in [5, 5.41) is 7.99. The minimum Gasteiger partial charge on any atom is -0.304 e. The maximum Gasteiger partial charge on any atom is 0.194 e. The van der Waals surface area contributed by atoms with Crippen molar-refractivity contribution in [2.75, 3.05) is 0 Å². The lowest BCUT2D eigenvalue weighted by Gasteiger charge is -2.15. The van der Waals surface area contributed by atoms with Crippen LogP contribution in [0.2, 0.25) is 0 Å². The average Bonchev–Trinajstić information content (AvgIpc) is 3.12. The van der Waals surface area contributed by atoms with E-state index in [1.807, 2.05) is 11.3 Å². The Balaban J connectivity index is 1.82. The van der Waals surface area contributed by atoms with Crippen molar-refractivity contribution in [3.05, 3.63) is 44.9 Å². The number of nitrogens with one attached hydrogen (secondary N) is 1. The molecule has 1 atom stereocenters. The summed E-state index contributed by atoms with van der Waals surface area (Å²) in [6.07, 6.45) is 1.10. The zero-order valence-electron chi connectivity index (χ0n) is 12.0. The zero-order valence-corrected chi connectivity index (χ0v) is 13.6. The van der Waals surface area contributed by atoms with E-state index in [0.717, 1.165) is 23.6 Å². The van der Waals surface area contributed by atoms with Gasteiger partial charge >= 0.3 is 0 Å². The molecule has 0 saturated heterocycles. The zero-order chi connectivity index (χ0) is 14.1. The van der Waals surface area contributed by atoms with Crippen molar-refractivity contribution in [1.82, 2.24) is 14.7 Å². The molecule has 3 rings (SSSR count). The Kier molecular flexibility index (Phi) is 3.92. The maximum absolute atomic E-state index is 4.64. The number of hydrogen-bond donors (Lipinski definition) is 1. The van der Waals surface area contributed by atoms with E-state index in [9.17, 15) is 0 Å². The van der Waals surface area contributed by atoms with Gasteiger partial charge in [-0.2, -0.15) is 0 Å². The molecule has 0 spiro atoms. The van der Waals surface area contributed by atoms with Gasteiger partial charge in [0.1, 0.15) is 0 Å². The van der Waals surface area contributed by atoms with Crippen LogP contribution in [0.15, 0.2) is 22.9 Å². The Hall–Kier alpha value is -1.17. The Labute approximate surface area is 127 Å². The Morgan fingerprint density at radius 3 is 2.90 bits per heavy atom. The highest BCUT2D eigenvalue weighted by Crippen LogP contribution is 2.24. The van der Waals surface area contributed by atoms with Crippen molar-refractivity contribution < 1.29 is 0 Å². The van der Waals surface area contributed by atoms with Gasteiger partial charge in [0, 0.05) is 28.5 Å². The van der Waals surface area contributed by atoms with Crippen LogP contribution in [0, 0.1) is 13.8 Å². The summed E-state index contributed by atoms with van der Waals surface area (Å²) >= 11 is 3.54. The molecule has 106 valence electrons. The van der Waals surface area contributed by atoms with E-state index in [-0.39, 0.29) is 0 Å². The van der Waals surface area contributed by atoms with Crippen molar-refractivity contribution in [2.24, 2.45) is 0 Å². The fourth-order valence-corrected chi connectivity index (χ4v) is 4.35. The highest BCUT2D eigenvalue weighted by molar-refractivity contribution is 7.15. The van der Waals surface area contributed by atoms with Crippen LogP contribution in [0.3, 0.4) is 0 Å². The lowest BCUT2D eigenvalue weighted by atomic mass is 10.2. The summed E-state index contributed by atoms with van der Waals surface area (Å²) in [5.74, 6) is 0. The molecule has 0 aliphatic carbocycles. The number of rotatable bonds is 5. The number of imidazole rings is 1. The minimum absolute atomic E-state index is 0.430. The third kappa shape index (κ3) is 2.41. The van der Waals surface area contributed by atoms with Gasteiger partial charge in [0.25, 0.3) is 0 Å². The Bertz CT molecular complexity index is 694. The highest BCUT2D eigenvalue weighted by Gasteiger charge is 2.15. The third-order valence-electron chi connectivity index (χ3n) is 3.64. The number of aryl methyl sites for hydroxylation is 2. The molecule has 3 nitrogen and oxygen atoms in total.